The average Bonchev–Trinajstić information content (AvgIpc) is 2.29. The van der Waals surface area contributed by atoms with E-state index in [9.17, 15) is 4.39 Å². The summed E-state index contributed by atoms with van der Waals surface area (Å²) >= 11 is 0. The fraction of sp³-hybridized carbons (Fsp3) is 0.538. The SMILES string of the molecule is COc1c(F)ccc(C2(CN)CCC2)c1OC. The van der Waals surface area contributed by atoms with Crippen LogP contribution in [0.5, 0.6) is 11.5 Å². The second-order valence-corrected chi connectivity index (χ2v) is 4.50. The maximum Gasteiger partial charge on any atom is 0.197 e. The average molecular weight is 239 g/mol. The van der Waals surface area contributed by atoms with Gasteiger partial charge in [-0.2, -0.15) is 0 Å². The lowest BCUT2D eigenvalue weighted by molar-refractivity contribution is 0.238. The molecule has 1 fully saturated rings. The van der Waals surface area contributed by atoms with Crippen LogP contribution < -0.4 is 15.2 Å². The van der Waals surface area contributed by atoms with Crippen molar-refractivity contribution >= 4 is 0 Å². The van der Waals surface area contributed by atoms with Gasteiger partial charge in [-0.05, 0) is 18.9 Å². The summed E-state index contributed by atoms with van der Waals surface area (Å²) in [6, 6.07) is 3.19. The van der Waals surface area contributed by atoms with Gasteiger partial charge < -0.3 is 15.2 Å². The Bertz CT molecular complexity index is 411. The lowest BCUT2D eigenvalue weighted by Gasteiger charge is -2.42. The van der Waals surface area contributed by atoms with Crippen LogP contribution in [0.3, 0.4) is 0 Å². The number of rotatable bonds is 4. The molecule has 0 amide bonds. The van der Waals surface area contributed by atoms with Gasteiger partial charge in [0.15, 0.2) is 17.3 Å². The van der Waals surface area contributed by atoms with Gasteiger partial charge in [0, 0.05) is 17.5 Å². The zero-order valence-corrected chi connectivity index (χ0v) is 10.3. The van der Waals surface area contributed by atoms with Crippen molar-refractivity contribution in [3.8, 4) is 11.5 Å². The van der Waals surface area contributed by atoms with Crippen molar-refractivity contribution in [1.82, 2.24) is 0 Å². The van der Waals surface area contributed by atoms with Crippen LogP contribution in [-0.4, -0.2) is 20.8 Å². The molecule has 0 heterocycles. The first-order chi connectivity index (χ1) is 8.18. The molecule has 0 unspecified atom stereocenters. The van der Waals surface area contributed by atoms with E-state index in [-0.39, 0.29) is 11.2 Å². The molecule has 3 nitrogen and oxygen atoms in total. The molecule has 0 saturated heterocycles. The van der Waals surface area contributed by atoms with Crippen molar-refractivity contribution in [2.75, 3.05) is 20.8 Å². The number of ether oxygens (including phenoxy) is 2. The highest BCUT2D eigenvalue weighted by atomic mass is 19.1. The third kappa shape index (κ3) is 1.76. The minimum atomic E-state index is -0.403. The summed E-state index contributed by atoms with van der Waals surface area (Å²) < 4.78 is 24.0. The molecule has 1 saturated carbocycles. The lowest BCUT2D eigenvalue weighted by atomic mass is 9.64. The van der Waals surface area contributed by atoms with Crippen LogP contribution in [0, 0.1) is 5.82 Å². The Labute approximate surface area is 101 Å². The van der Waals surface area contributed by atoms with Crippen LogP contribution in [0.1, 0.15) is 24.8 Å². The van der Waals surface area contributed by atoms with Crippen molar-refractivity contribution < 1.29 is 13.9 Å². The Morgan fingerprint density at radius 2 is 1.88 bits per heavy atom. The monoisotopic (exact) mass is 239 g/mol. The summed E-state index contributed by atoms with van der Waals surface area (Å²) in [7, 11) is 2.98. The molecule has 17 heavy (non-hydrogen) atoms. The first-order valence-corrected chi connectivity index (χ1v) is 5.79. The molecule has 94 valence electrons. The van der Waals surface area contributed by atoms with E-state index < -0.39 is 5.82 Å². The van der Waals surface area contributed by atoms with Gasteiger partial charge >= 0.3 is 0 Å². The number of benzene rings is 1. The van der Waals surface area contributed by atoms with Crippen molar-refractivity contribution in [3.63, 3.8) is 0 Å². The van der Waals surface area contributed by atoms with E-state index in [0.29, 0.717) is 12.3 Å². The van der Waals surface area contributed by atoms with Gasteiger partial charge in [0.05, 0.1) is 14.2 Å². The van der Waals surface area contributed by atoms with Crippen LogP contribution in [-0.2, 0) is 5.41 Å². The van der Waals surface area contributed by atoms with E-state index in [0.717, 1.165) is 24.8 Å². The fourth-order valence-electron chi connectivity index (χ4n) is 2.54. The molecule has 1 aliphatic carbocycles. The van der Waals surface area contributed by atoms with Crippen LogP contribution in [0.2, 0.25) is 0 Å². The molecule has 0 aliphatic heterocycles. The summed E-state index contributed by atoms with van der Waals surface area (Å²) in [6.07, 6.45) is 3.20. The van der Waals surface area contributed by atoms with Crippen molar-refractivity contribution in [1.29, 1.82) is 0 Å². The minimum absolute atomic E-state index is 0.0632. The van der Waals surface area contributed by atoms with E-state index >= 15 is 0 Å². The van der Waals surface area contributed by atoms with E-state index in [2.05, 4.69) is 0 Å². The normalized spacial score (nSPS) is 17.4. The van der Waals surface area contributed by atoms with Gasteiger partial charge in [0.25, 0.3) is 0 Å². The molecule has 1 aliphatic rings. The van der Waals surface area contributed by atoms with Gasteiger partial charge in [-0.25, -0.2) is 4.39 Å². The van der Waals surface area contributed by atoms with Crippen LogP contribution in [0.25, 0.3) is 0 Å². The zero-order chi connectivity index (χ0) is 12.5. The highest BCUT2D eigenvalue weighted by molar-refractivity contribution is 5.52. The first kappa shape index (κ1) is 12.2. The van der Waals surface area contributed by atoms with Crippen LogP contribution in [0.15, 0.2) is 12.1 Å². The molecular weight excluding hydrogens is 221 g/mol. The van der Waals surface area contributed by atoms with Gasteiger partial charge in [-0.3, -0.25) is 0 Å². The van der Waals surface area contributed by atoms with Gasteiger partial charge in [-0.1, -0.05) is 12.5 Å². The fourth-order valence-corrected chi connectivity index (χ4v) is 2.54. The smallest absolute Gasteiger partial charge is 0.197 e. The van der Waals surface area contributed by atoms with Gasteiger partial charge in [-0.15, -0.1) is 0 Å². The number of halogens is 1. The third-order valence-electron chi connectivity index (χ3n) is 3.75. The zero-order valence-electron chi connectivity index (χ0n) is 10.3. The molecular formula is C13H18FNO2. The molecule has 0 bridgehead atoms. The summed E-state index contributed by atoms with van der Waals surface area (Å²) in [5.41, 5.74) is 6.77. The van der Waals surface area contributed by atoms with E-state index in [4.69, 9.17) is 15.2 Å². The highest BCUT2D eigenvalue weighted by Gasteiger charge is 2.40. The molecule has 0 radical (unpaired) electrons. The predicted molar refractivity (Wildman–Crippen MR) is 64.1 cm³/mol. The largest absolute Gasteiger partial charge is 0.492 e. The summed E-state index contributed by atoms with van der Waals surface area (Å²) in [5.74, 6) is 0.252. The standard InChI is InChI=1S/C13H18FNO2/c1-16-11-9(13(8-15)6-3-7-13)4-5-10(14)12(11)17-2/h4-5H,3,6-8,15H2,1-2H3. The second-order valence-electron chi connectivity index (χ2n) is 4.50. The third-order valence-corrected chi connectivity index (χ3v) is 3.75. The molecule has 1 aromatic carbocycles. The predicted octanol–water partition coefficient (Wildman–Crippen LogP) is 2.22. The van der Waals surface area contributed by atoms with Crippen LogP contribution in [0.4, 0.5) is 4.39 Å². The molecule has 2 N–H and O–H groups in total. The number of hydrogen-bond donors (Lipinski definition) is 1. The van der Waals surface area contributed by atoms with E-state index in [1.165, 1.54) is 20.3 Å². The maximum absolute atomic E-state index is 13.6. The van der Waals surface area contributed by atoms with Crippen LogP contribution >= 0.6 is 0 Å². The maximum atomic E-state index is 13.6. The minimum Gasteiger partial charge on any atom is -0.492 e. The topological polar surface area (TPSA) is 44.5 Å². The Morgan fingerprint density at radius 1 is 1.24 bits per heavy atom. The quantitative estimate of drug-likeness (QED) is 0.876. The molecule has 0 spiro atoms. The molecule has 0 aromatic heterocycles. The van der Waals surface area contributed by atoms with Crippen molar-refractivity contribution in [2.24, 2.45) is 5.73 Å². The molecule has 2 rings (SSSR count). The second kappa shape index (κ2) is 4.53. The Hall–Kier alpha value is -1.29. The summed E-state index contributed by atoms with van der Waals surface area (Å²) in [4.78, 5) is 0. The van der Waals surface area contributed by atoms with E-state index in [1.807, 2.05) is 0 Å². The molecule has 1 aromatic rings. The van der Waals surface area contributed by atoms with E-state index in [1.54, 1.807) is 6.07 Å². The molecule has 0 atom stereocenters. The molecule has 4 heteroatoms. The highest BCUT2D eigenvalue weighted by Crippen LogP contribution is 2.49. The number of nitrogens with two attached hydrogens (primary N) is 1. The Morgan fingerprint density at radius 3 is 2.29 bits per heavy atom. The lowest BCUT2D eigenvalue weighted by Crippen LogP contribution is -2.41. The number of methoxy groups -OCH3 is 2. The Kier molecular flexibility index (Phi) is 3.24. The van der Waals surface area contributed by atoms with Crippen molar-refractivity contribution in [2.45, 2.75) is 24.7 Å². The first-order valence-electron chi connectivity index (χ1n) is 5.79. The van der Waals surface area contributed by atoms with Gasteiger partial charge in [0.2, 0.25) is 0 Å². The Balaban J connectivity index is 2.54. The van der Waals surface area contributed by atoms with Gasteiger partial charge in [0.1, 0.15) is 0 Å². The summed E-state index contributed by atoms with van der Waals surface area (Å²) in [6.45, 7) is 0.554. The number of hydrogen-bond acceptors (Lipinski definition) is 3. The summed E-state index contributed by atoms with van der Waals surface area (Å²) in [5, 5.41) is 0. The van der Waals surface area contributed by atoms with Crippen molar-refractivity contribution in [3.05, 3.63) is 23.5 Å².